The molecule has 0 unspecified atom stereocenters. The molecule has 0 spiro atoms. The normalized spacial score (nSPS) is 10.8. The topological polar surface area (TPSA) is 76.1 Å². The molecule has 0 aromatic carbocycles. The minimum absolute atomic E-state index is 0.190. The summed E-state index contributed by atoms with van der Waals surface area (Å²) in [6.07, 6.45) is 2.87. The van der Waals surface area contributed by atoms with Gasteiger partial charge in [0.05, 0.1) is 18.0 Å². The molecule has 0 atom stereocenters. The number of hydrogen-bond donors (Lipinski definition) is 1. The van der Waals surface area contributed by atoms with Crippen LogP contribution >= 0.6 is 0 Å². The predicted octanol–water partition coefficient (Wildman–Crippen LogP) is 0.299. The Morgan fingerprint density at radius 2 is 2.24 bits per heavy atom. The van der Waals surface area contributed by atoms with Gasteiger partial charge in [-0.25, -0.2) is 8.42 Å². The molecular weight excluding hydrogens is 240 g/mol. The van der Waals surface area contributed by atoms with Gasteiger partial charge in [0, 0.05) is 6.20 Å². The molecule has 1 aromatic rings. The molecule has 0 aliphatic carbocycles. The summed E-state index contributed by atoms with van der Waals surface area (Å²) in [5.74, 6) is -1.24. The third-order valence-corrected chi connectivity index (χ3v) is 3.36. The van der Waals surface area contributed by atoms with Crippen molar-refractivity contribution < 1.29 is 13.2 Å². The standard InChI is InChI=1S/C11H14N2O3S/c1-2-7-17(15,16)9-11(14)13-8-10-5-3-4-6-12-10/h2-6H,1,7-9H2,(H,13,14). The van der Waals surface area contributed by atoms with Crippen molar-refractivity contribution in [2.45, 2.75) is 6.54 Å². The third-order valence-electron chi connectivity index (χ3n) is 1.92. The first kappa shape index (κ1) is 13.4. The first-order valence-electron chi connectivity index (χ1n) is 5.01. The lowest BCUT2D eigenvalue weighted by molar-refractivity contribution is -0.118. The fourth-order valence-corrected chi connectivity index (χ4v) is 2.16. The summed E-state index contributed by atoms with van der Waals surface area (Å²) in [5.41, 5.74) is 0.682. The number of carbonyl (C=O) groups excluding carboxylic acids is 1. The van der Waals surface area contributed by atoms with E-state index in [1.807, 2.05) is 0 Å². The van der Waals surface area contributed by atoms with Gasteiger partial charge in [-0.15, -0.1) is 6.58 Å². The van der Waals surface area contributed by atoms with Gasteiger partial charge in [0.25, 0.3) is 0 Å². The maximum atomic E-state index is 11.4. The van der Waals surface area contributed by atoms with Gasteiger partial charge in [-0.2, -0.15) is 0 Å². The molecule has 0 aliphatic rings. The zero-order valence-electron chi connectivity index (χ0n) is 9.30. The van der Waals surface area contributed by atoms with Gasteiger partial charge >= 0.3 is 0 Å². The maximum absolute atomic E-state index is 11.4. The molecule has 0 saturated carbocycles. The second-order valence-electron chi connectivity index (χ2n) is 3.44. The summed E-state index contributed by atoms with van der Waals surface area (Å²) >= 11 is 0. The third kappa shape index (κ3) is 5.26. The van der Waals surface area contributed by atoms with Crippen molar-refractivity contribution in [2.75, 3.05) is 11.5 Å². The van der Waals surface area contributed by atoms with E-state index in [1.54, 1.807) is 24.4 Å². The van der Waals surface area contributed by atoms with Crippen LogP contribution in [0.5, 0.6) is 0 Å². The molecule has 0 radical (unpaired) electrons. The second kappa shape index (κ2) is 6.15. The Kier molecular flexibility index (Phi) is 4.84. The van der Waals surface area contributed by atoms with Crippen molar-refractivity contribution in [1.29, 1.82) is 0 Å². The van der Waals surface area contributed by atoms with Crippen LogP contribution < -0.4 is 5.32 Å². The van der Waals surface area contributed by atoms with Gasteiger partial charge in [-0.05, 0) is 12.1 Å². The lowest BCUT2D eigenvalue weighted by atomic mass is 10.3. The van der Waals surface area contributed by atoms with E-state index in [-0.39, 0.29) is 12.3 Å². The number of pyridine rings is 1. The van der Waals surface area contributed by atoms with Gasteiger partial charge in [0.1, 0.15) is 5.75 Å². The van der Waals surface area contributed by atoms with Gasteiger partial charge in [-0.3, -0.25) is 9.78 Å². The Labute approximate surface area is 100 Å². The molecule has 1 rings (SSSR count). The van der Waals surface area contributed by atoms with E-state index in [0.717, 1.165) is 0 Å². The smallest absolute Gasteiger partial charge is 0.235 e. The van der Waals surface area contributed by atoms with Crippen LogP contribution in [-0.4, -0.2) is 30.8 Å². The van der Waals surface area contributed by atoms with Crippen LogP contribution in [0.25, 0.3) is 0 Å². The van der Waals surface area contributed by atoms with Crippen molar-refractivity contribution in [3.05, 3.63) is 42.7 Å². The van der Waals surface area contributed by atoms with Gasteiger partial charge in [0.15, 0.2) is 9.84 Å². The molecule has 1 aromatic heterocycles. The number of nitrogens with one attached hydrogen (secondary N) is 1. The van der Waals surface area contributed by atoms with Gasteiger partial charge in [-0.1, -0.05) is 12.1 Å². The summed E-state index contributed by atoms with van der Waals surface area (Å²) in [4.78, 5) is 15.4. The fraction of sp³-hybridized carbons (Fsp3) is 0.273. The van der Waals surface area contributed by atoms with E-state index < -0.39 is 21.5 Å². The zero-order chi connectivity index (χ0) is 12.7. The molecule has 6 heteroatoms. The minimum atomic E-state index is -3.39. The SMILES string of the molecule is C=CCS(=O)(=O)CC(=O)NCc1ccccn1. The first-order chi connectivity index (χ1) is 8.03. The largest absolute Gasteiger partial charge is 0.350 e. The quantitative estimate of drug-likeness (QED) is 0.741. The molecule has 1 N–H and O–H groups in total. The Hall–Kier alpha value is -1.69. The number of rotatable bonds is 6. The highest BCUT2D eigenvalue weighted by atomic mass is 32.2. The maximum Gasteiger partial charge on any atom is 0.235 e. The molecule has 5 nitrogen and oxygen atoms in total. The number of sulfone groups is 1. The average molecular weight is 254 g/mol. The Morgan fingerprint density at radius 1 is 1.47 bits per heavy atom. The first-order valence-corrected chi connectivity index (χ1v) is 6.83. The molecule has 1 amide bonds. The Balaban J connectivity index is 2.44. The highest BCUT2D eigenvalue weighted by Crippen LogP contribution is 1.94. The van der Waals surface area contributed by atoms with E-state index in [2.05, 4.69) is 16.9 Å². The van der Waals surface area contributed by atoms with E-state index in [9.17, 15) is 13.2 Å². The molecule has 0 fully saturated rings. The number of aromatic nitrogens is 1. The van der Waals surface area contributed by atoms with E-state index in [1.165, 1.54) is 6.08 Å². The average Bonchev–Trinajstić information content (AvgIpc) is 2.27. The highest BCUT2D eigenvalue weighted by molar-refractivity contribution is 7.92. The highest BCUT2D eigenvalue weighted by Gasteiger charge is 2.14. The minimum Gasteiger partial charge on any atom is -0.350 e. The Morgan fingerprint density at radius 3 is 2.82 bits per heavy atom. The number of hydrogen-bond acceptors (Lipinski definition) is 4. The van der Waals surface area contributed by atoms with Crippen molar-refractivity contribution >= 4 is 15.7 Å². The van der Waals surface area contributed by atoms with E-state index in [0.29, 0.717) is 5.69 Å². The predicted molar refractivity (Wildman–Crippen MR) is 64.9 cm³/mol. The number of carbonyl (C=O) groups is 1. The van der Waals surface area contributed by atoms with Crippen molar-refractivity contribution in [3.8, 4) is 0 Å². The monoisotopic (exact) mass is 254 g/mol. The summed E-state index contributed by atoms with van der Waals surface area (Å²) < 4.78 is 22.6. The lowest BCUT2D eigenvalue weighted by Crippen LogP contribution is -2.30. The van der Waals surface area contributed by atoms with Crippen LogP contribution in [0.3, 0.4) is 0 Å². The van der Waals surface area contributed by atoms with Gasteiger partial charge in [0.2, 0.25) is 5.91 Å². The lowest BCUT2D eigenvalue weighted by Gasteiger charge is -2.04. The fourth-order valence-electron chi connectivity index (χ4n) is 1.18. The second-order valence-corrected chi connectivity index (χ2v) is 5.55. The summed E-state index contributed by atoms with van der Waals surface area (Å²) in [5, 5.41) is 2.50. The van der Waals surface area contributed by atoms with Crippen LogP contribution in [0, 0.1) is 0 Å². The van der Waals surface area contributed by atoms with Crippen LogP contribution in [0.2, 0.25) is 0 Å². The van der Waals surface area contributed by atoms with Gasteiger partial charge < -0.3 is 5.32 Å². The number of nitrogens with zero attached hydrogens (tertiary/aromatic N) is 1. The summed E-state index contributed by atoms with van der Waals surface area (Å²) in [6.45, 7) is 3.55. The van der Waals surface area contributed by atoms with E-state index >= 15 is 0 Å². The molecule has 92 valence electrons. The number of amides is 1. The van der Waals surface area contributed by atoms with Crippen LogP contribution in [0.1, 0.15) is 5.69 Å². The molecule has 0 aliphatic heterocycles. The summed E-state index contributed by atoms with van der Waals surface area (Å²) in [7, 11) is -3.39. The molecule has 17 heavy (non-hydrogen) atoms. The van der Waals surface area contributed by atoms with Crippen LogP contribution in [-0.2, 0) is 21.2 Å². The van der Waals surface area contributed by atoms with Crippen molar-refractivity contribution in [2.24, 2.45) is 0 Å². The van der Waals surface area contributed by atoms with Crippen LogP contribution in [0.15, 0.2) is 37.1 Å². The van der Waals surface area contributed by atoms with Crippen molar-refractivity contribution in [3.63, 3.8) is 0 Å². The van der Waals surface area contributed by atoms with Crippen LogP contribution in [0.4, 0.5) is 0 Å². The molecular formula is C11H14N2O3S. The molecule has 0 saturated heterocycles. The zero-order valence-corrected chi connectivity index (χ0v) is 10.1. The van der Waals surface area contributed by atoms with Crippen molar-refractivity contribution in [1.82, 2.24) is 10.3 Å². The summed E-state index contributed by atoms with van der Waals surface area (Å²) in [6, 6.07) is 5.31. The molecule has 0 bridgehead atoms. The molecule has 1 heterocycles. The van der Waals surface area contributed by atoms with E-state index in [4.69, 9.17) is 0 Å². The Bertz CT molecular complexity index is 483.